The highest BCUT2D eigenvalue weighted by Crippen LogP contribution is 2.33. The lowest BCUT2D eigenvalue weighted by Crippen LogP contribution is -2.35. The molecule has 3 rings (SSSR count). The molecule has 1 atom stereocenters. The van der Waals surface area contributed by atoms with E-state index in [1.807, 2.05) is 90.8 Å². The molecule has 292 valence electrons. The SMILES string of the molecule is C.CC.CC.CC.CC=NNC(N)c1ccc2c(c1)C(=O)CCCCN(C(=O)c1cc(/C=C\CC)c(/C(C=NCCC)=C/C)c(OCC)c1)CCO2. The fraction of sp³-hybridized carbons (Fsp3) is 0.535. The van der Waals surface area contributed by atoms with Gasteiger partial charge in [0.2, 0.25) is 0 Å². The minimum atomic E-state index is -0.553. The Bertz CT molecular complexity index is 1410. The van der Waals surface area contributed by atoms with Crippen molar-refractivity contribution >= 4 is 35.8 Å². The van der Waals surface area contributed by atoms with E-state index in [1.54, 1.807) is 25.3 Å². The number of nitrogens with two attached hydrogens (primary N) is 1. The first-order valence-corrected chi connectivity index (χ1v) is 19.1. The van der Waals surface area contributed by atoms with Gasteiger partial charge in [0.1, 0.15) is 24.3 Å². The third kappa shape index (κ3) is 16.0. The van der Waals surface area contributed by atoms with Gasteiger partial charge in [-0.15, -0.1) is 0 Å². The van der Waals surface area contributed by atoms with Crippen LogP contribution in [0.25, 0.3) is 11.6 Å². The molecule has 2 aromatic carbocycles. The predicted molar refractivity (Wildman–Crippen MR) is 225 cm³/mol. The van der Waals surface area contributed by atoms with Crippen LogP contribution in [-0.2, 0) is 0 Å². The molecule has 0 aliphatic carbocycles. The summed E-state index contributed by atoms with van der Waals surface area (Å²) in [6.45, 7) is 24.2. The molecule has 0 saturated carbocycles. The van der Waals surface area contributed by atoms with Crippen molar-refractivity contribution in [2.45, 2.75) is 122 Å². The Hall–Kier alpha value is -4.24. The number of fused-ring (bicyclic) bond motifs is 1. The van der Waals surface area contributed by atoms with Gasteiger partial charge in [-0.05, 0) is 87.4 Å². The van der Waals surface area contributed by atoms with E-state index >= 15 is 0 Å². The lowest BCUT2D eigenvalue weighted by molar-refractivity contribution is 0.0727. The first kappa shape index (κ1) is 49.9. The van der Waals surface area contributed by atoms with Crippen molar-refractivity contribution < 1.29 is 19.1 Å². The van der Waals surface area contributed by atoms with Crippen molar-refractivity contribution in [1.29, 1.82) is 0 Å². The molecule has 1 unspecified atom stereocenters. The Morgan fingerprint density at radius 2 is 1.75 bits per heavy atom. The second kappa shape index (κ2) is 30.4. The van der Waals surface area contributed by atoms with Crippen molar-refractivity contribution in [3.8, 4) is 11.5 Å². The number of hydrogen-bond acceptors (Lipinski definition) is 8. The van der Waals surface area contributed by atoms with Gasteiger partial charge >= 0.3 is 0 Å². The lowest BCUT2D eigenvalue weighted by Gasteiger charge is -2.24. The van der Waals surface area contributed by atoms with Crippen LogP contribution in [-0.4, -0.2) is 61.9 Å². The molecule has 3 N–H and O–H groups in total. The smallest absolute Gasteiger partial charge is 0.254 e. The molecule has 1 aliphatic heterocycles. The maximum absolute atomic E-state index is 14.1. The van der Waals surface area contributed by atoms with E-state index in [0.29, 0.717) is 61.6 Å². The molecule has 0 saturated heterocycles. The van der Waals surface area contributed by atoms with E-state index in [-0.39, 0.29) is 25.7 Å². The summed E-state index contributed by atoms with van der Waals surface area (Å²) >= 11 is 0. The van der Waals surface area contributed by atoms with Gasteiger partial charge in [0.15, 0.2) is 5.78 Å². The molecule has 1 amide bonds. The number of hydrazone groups is 1. The summed E-state index contributed by atoms with van der Waals surface area (Å²) in [5, 5.41) is 4.00. The molecule has 52 heavy (non-hydrogen) atoms. The maximum atomic E-state index is 14.1. The minimum Gasteiger partial charge on any atom is -0.493 e. The number of ketones is 1. The summed E-state index contributed by atoms with van der Waals surface area (Å²) in [5.41, 5.74) is 13.6. The maximum Gasteiger partial charge on any atom is 0.254 e. The number of hydrogen-bond donors (Lipinski definition) is 2. The zero-order valence-electron chi connectivity index (χ0n) is 33.5. The van der Waals surface area contributed by atoms with Crippen molar-refractivity contribution in [1.82, 2.24) is 10.3 Å². The van der Waals surface area contributed by atoms with Crippen LogP contribution < -0.4 is 20.6 Å². The number of benzene rings is 2. The Labute approximate surface area is 316 Å². The lowest BCUT2D eigenvalue weighted by atomic mass is 9.95. The second-order valence-corrected chi connectivity index (χ2v) is 10.7. The second-order valence-electron chi connectivity index (χ2n) is 10.7. The van der Waals surface area contributed by atoms with Gasteiger partial charge in [-0.25, -0.2) is 0 Å². The number of ether oxygens (including phenoxy) is 2. The Morgan fingerprint density at radius 1 is 1.04 bits per heavy atom. The molecule has 0 aromatic heterocycles. The predicted octanol–water partition coefficient (Wildman–Crippen LogP) is 10.5. The standard InChI is InChI=1S/C36H49N5O4.3C2H6.CH4/c1-6-11-14-27-22-29(24-33(44-10-5)34(27)26(8-3)25-38-18-7-2)36(43)41-19-13-12-15-31(42)30-23-28(35(37)40-39-9-4)16-17-32(30)45-21-20-41;3*1-2;/h8-9,11,14,16-17,22-25,35,40H,6-7,10,12-13,15,18-21,37H2,1-5H3;3*1-2H3;1H4/b14-11-,26-8+,38-25?,39-9?;;;;. The summed E-state index contributed by atoms with van der Waals surface area (Å²) in [5.74, 6) is 1.03. The number of Topliss-reactive ketones (excluding diaryl/α,β-unsaturated/α-hetero) is 1. The van der Waals surface area contributed by atoms with Crippen LogP contribution in [0.1, 0.15) is 159 Å². The molecule has 1 heterocycles. The number of nitrogens with one attached hydrogen (secondary N) is 1. The summed E-state index contributed by atoms with van der Waals surface area (Å²) in [6, 6.07) is 9.15. The largest absolute Gasteiger partial charge is 0.493 e. The topological polar surface area (TPSA) is 119 Å². The Balaban J connectivity index is 0. The first-order chi connectivity index (χ1) is 24.9. The van der Waals surface area contributed by atoms with Crippen molar-refractivity contribution in [3.63, 3.8) is 0 Å². The van der Waals surface area contributed by atoms with Crippen molar-refractivity contribution in [2.24, 2.45) is 15.8 Å². The van der Waals surface area contributed by atoms with Gasteiger partial charge in [0.05, 0.1) is 18.7 Å². The van der Waals surface area contributed by atoms with Gasteiger partial charge in [0, 0.05) is 43.1 Å². The first-order valence-electron chi connectivity index (χ1n) is 19.1. The van der Waals surface area contributed by atoms with Crippen LogP contribution in [0, 0.1) is 0 Å². The zero-order chi connectivity index (χ0) is 38.6. The van der Waals surface area contributed by atoms with E-state index in [1.165, 1.54) is 0 Å². The number of carbonyl (C=O) groups excluding carboxylic acids is 2. The normalized spacial score (nSPS) is 13.9. The van der Waals surface area contributed by atoms with Gasteiger partial charge < -0.3 is 20.1 Å². The van der Waals surface area contributed by atoms with Gasteiger partial charge in [-0.3, -0.25) is 20.0 Å². The highest BCUT2D eigenvalue weighted by Gasteiger charge is 2.23. The number of carbonyl (C=O) groups is 2. The van der Waals surface area contributed by atoms with Crippen LogP contribution >= 0.6 is 0 Å². The van der Waals surface area contributed by atoms with Crippen molar-refractivity contribution in [3.05, 3.63) is 70.3 Å². The summed E-state index contributed by atoms with van der Waals surface area (Å²) < 4.78 is 12.2. The molecule has 0 bridgehead atoms. The van der Waals surface area contributed by atoms with Gasteiger partial charge in [0.25, 0.3) is 5.91 Å². The molecule has 9 nitrogen and oxygen atoms in total. The van der Waals surface area contributed by atoms with Crippen LogP contribution in [0.2, 0.25) is 0 Å². The number of nitrogens with zero attached hydrogens (tertiary/aromatic N) is 3. The molecule has 0 radical (unpaired) electrons. The van der Waals surface area contributed by atoms with Crippen LogP contribution in [0.15, 0.2) is 52.6 Å². The summed E-state index contributed by atoms with van der Waals surface area (Å²) in [7, 11) is 0. The highest BCUT2D eigenvalue weighted by molar-refractivity contribution is 6.12. The highest BCUT2D eigenvalue weighted by atomic mass is 16.5. The molecular weight excluding hydrogens is 651 g/mol. The molecule has 2 aromatic rings. The number of amides is 1. The monoisotopic (exact) mass is 722 g/mol. The van der Waals surface area contributed by atoms with Crippen LogP contribution in [0.3, 0.4) is 0 Å². The van der Waals surface area contributed by atoms with Gasteiger partial charge in [-0.2, -0.15) is 5.10 Å². The third-order valence-corrected chi connectivity index (χ3v) is 7.39. The molecule has 9 heteroatoms. The van der Waals surface area contributed by atoms with E-state index in [4.69, 9.17) is 15.2 Å². The third-order valence-electron chi connectivity index (χ3n) is 7.39. The molecule has 0 spiro atoms. The quantitative estimate of drug-likeness (QED) is 0.128. The zero-order valence-corrected chi connectivity index (χ0v) is 33.5. The van der Waals surface area contributed by atoms with Crippen LogP contribution in [0.4, 0.5) is 0 Å². The number of aliphatic imine (C=N–C) groups is 1. The molecule has 1 aliphatic rings. The summed E-state index contributed by atoms with van der Waals surface area (Å²) in [4.78, 5) is 33.6. The summed E-state index contributed by atoms with van der Waals surface area (Å²) in [6.07, 6.45) is 12.6. The fourth-order valence-electron chi connectivity index (χ4n) is 5.09. The average molecular weight is 722 g/mol. The number of allylic oxidation sites excluding steroid dienone is 3. The van der Waals surface area contributed by atoms with Crippen LogP contribution in [0.5, 0.6) is 11.5 Å². The molecular formula is C43H71N5O4. The minimum absolute atomic E-state index is 0. The van der Waals surface area contributed by atoms with Crippen molar-refractivity contribution in [2.75, 3.05) is 32.8 Å². The van der Waals surface area contributed by atoms with Gasteiger partial charge in [-0.1, -0.05) is 87.1 Å². The Morgan fingerprint density at radius 3 is 2.37 bits per heavy atom. The van der Waals surface area contributed by atoms with E-state index in [0.717, 1.165) is 41.6 Å². The molecule has 0 fully saturated rings. The fourth-order valence-corrected chi connectivity index (χ4v) is 5.09. The Kier molecular flexibility index (Phi) is 29.1. The average Bonchev–Trinajstić information content (AvgIpc) is 3.21. The number of rotatable bonds is 12. The van der Waals surface area contributed by atoms with E-state index in [2.05, 4.69) is 41.5 Å². The van der Waals surface area contributed by atoms with E-state index in [9.17, 15) is 9.59 Å². The van der Waals surface area contributed by atoms with E-state index < -0.39 is 6.17 Å².